The highest BCUT2D eigenvalue weighted by atomic mass is 16.5. The molecular weight excluding hydrogens is 212 g/mol. The van der Waals surface area contributed by atoms with E-state index in [1.54, 1.807) is 12.5 Å². The van der Waals surface area contributed by atoms with Crippen LogP contribution in [-0.2, 0) is 0 Å². The zero-order chi connectivity index (χ0) is 11.9. The van der Waals surface area contributed by atoms with E-state index < -0.39 is 0 Å². The molecule has 0 atom stereocenters. The van der Waals surface area contributed by atoms with Gasteiger partial charge in [0, 0.05) is 11.8 Å². The van der Waals surface area contributed by atoms with Gasteiger partial charge < -0.3 is 4.74 Å². The van der Waals surface area contributed by atoms with Gasteiger partial charge in [0.2, 0.25) is 0 Å². The van der Waals surface area contributed by atoms with Gasteiger partial charge in [-0.15, -0.1) is 0 Å². The van der Waals surface area contributed by atoms with Crippen molar-refractivity contribution in [1.82, 2.24) is 9.97 Å². The van der Waals surface area contributed by atoms with Crippen LogP contribution in [0.3, 0.4) is 0 Å². The van der Waals surface area contributed by atoms with Crippen molar-refractivity contribution < 1.29 is 4.74 Å². The first-order valence-electron chi connectivity index (χ1n) is 5.89. The molecule has 1 aromatic heterocycles. The van der Waals surface area contributed by atoms with Gasteiger partial charge >= 0.3 is 0 Å². The van der Waals surface area contributed by atoms with Crippen molar-refractivity contribution in [1.29, 1.82) is 0 Å². The third kappa shape index (κ3) is 3.28. The molecule has 0 amide bonds. The first-order valence-corrected chi connectivity index (χ1v) is 5.89. The molecule has 0 saturated carbocycles. The van der Waals surface area contributed by atoms with Crippen molar-refractivity contribution in [2.24, 2.45) is 0 Å². The van der Waals surface area contributed by atoms with Gasteiger partial charge in [-0.3, -0.25) is 0 Å². The summed E-state index contributed by atoms with van der Waals surface area (Å²) in [6, 6.07) is 9.89. The van der Waals surface area contributed by atoms with E-state index in [2.05, 4.69) is 16.9 Å². The van der Waals surface area contributed by atoms with Gasteiger partial charge in [0.05, 0.1) is 12.3 Å². The Bertz CT molecular complexity index is 440. The van der Waals surface area contributed by atoms with E-state index in [9.17, 15) is 0 Å². The van der Waals surface area contributed by atoms with Crippen LogP contribution >= 0.6 is 0 Å². The molecule has 0 aliphatic rings. The molecule has 2 aromatic rings. The summed E-state index contributed by atoms with van der Waals surface area (Å²) in [4.78, 5) is 8.10. The zero-order valence-electron chi connectivity index (χ0n) is 9.97. The van der Waals surface area contributed by atoms with Crippen LogP contribution in [0.2, 0.25) is 0 Å². The highest BCUT2D eigenvalue weighted by molar-refractivity contribution is 5.59. The predicted octanol–water partition coefficient (Wildman–Crippen LogP) is 3.32. The van der Waals surface area contributed by atoms with Crippen LogP contribution in [0.25, 0.3) is 11.3 Å². The second kappa shape index (κ2) is 5.99. The van der Waals surface area contributed by atoms with E-state index in [1.165, 1.54) is 0 Å². The van der Waals surface area contributed by atoms with Crippen LogP contribution in [0, 0.1) is 0 Å². The fourth-order valence-corrected chi connectivity index (χ4v) is 1.52. The van der Waals surface area contributed by atoms with Gasteiger partial charge in [0.1, 0.15) is 12.1 Å². The Morgan fingerprint density at radius 1 is 1.12 bits per heavy atom. The lowest BCUT2D eigenvalue weighted by Gasteiger charge is -2.06. The van der Waals surface area contributed by atoms with Gasteiger partial charge in [0.15, 0.2) is 0 Å². The molecule has 0 N–H and O–H groups in total. The summed E-state index contributed by atoms with van der Waals surface area (Å²) in [5, 5.41) is 0. The first-order chi connectivity index (χ1) is 8.40. The Kier molecular flexibility index (Phi) is 4.08. The van der Waals surface area contributed by atoms with Crippen molar-refractivity contribution >= 4 is 0 Å². The molecule has 3 nitrogen and oxygen atoms in total. The third-order valence-corrected chi connectivity index (χ3v) is 2.50. The van der Waals surface area contributed by atoms with Crippen LogP contribution in [-0.4, -0.2) is 16.6 Å². The number of benzene rings is 1. The molecule has 3 heteroatoms. The molecule has 0 saturated heterocycles. The second-order valence-corrected chi connectivity index (χ2v) is 3.82. The third-order valence-electron chi connectivity index (χ3n) is 2.50. The van der Waals surface area contributed by atoms with E-state index in [0.717, 1.165) is 36.5 Å². The largest absolute Gasteiger partial charge is 0.494 e. The summed E-state index contributed by atoms with van der Waals surface area (Å²) in [6.45, 7) is 2.94. The molecule has 1 aromatic carbocycles. The number of aromatic nitrogens is 2. The van der Waals surface area contributed by atoms with Crippen LogP contribution in [0.15, 0.2) is 42.9 Å². The molecule has 0 aliphatic carbocycles. The van der Waals surface area contributed by atoms with Crippen LogP contribution < -0.4 is 4.74 Å². The molecule has 0 spiro atoms. The lowest BCUT2D eigenvalue weighted by molar-refractivity contribution is 0.309. The summed E-state index contributed by atoms with van der Waals surface area (Å²) >= 11 is 0. The van der Waals surface area contributed by atoms with Gasteiger partial charge in [-0.25, -0.2) is 9.97 Å². The number of hydrogen-bond donors (Lipinski definition) is 0. The number of hydrogen-bond acceptors (Lipinski definition) is 3. The van der Waals surface area contributed by atoms with Crippen molar-refractivity contribution in [3.8, 4) is 17.0 Å². The molecule has 0 fully saturated rings. The molecule has 0 unspecified atom stereocenters. The Labute approximate surface area is 102 Å². The van der Waals surface area contributed by atoms with Crippen molar-refractivity contribution in [3.05, 3.63) is 42.9 Å². The number of rotatable bonds is 5. The van der Waals surface area contributed by atoms with E-state index in [-0.39, 0.29) is 0 Å². The Morgan fingerprint density at radius 3 is 2.59 bits per heavy atom. The highest BCUT2D eigenvalue weighted by Crippen LogP contribution is 2.20. The second-order valence-electron chi connectivity index (χ2n) is 3.82. The molecule has 88 valence electrons. The minimum Gasteiger partial charge on any atom is -0.494 e. The quantitative estimate of drug-likeness (QED) is 0.736. The molecule has 2 rings (SSSR count). The summed E-state index contributed by atoms with van der Waals surface area (Å²) in [6.07, 6.45) is 5.54. The number of unbranched alkanes of at least 4 members (excludes halogenated alkanes) is 1. The Balaban J connectivity index is 2.03. The van der Waals surface area contributed by atoms with E-state index in [1.807, 2.05) is 30.3 Å². The minimum atomic E-state index is 0.781. The summed E-state index contributed by atoms with van der Waals surface area (Å²) in [7, 11) is 0. The van der Waals surface area contributed by atoms with E-state index >= 15 is 0 Å². The fraction of sp³-hybridized carbons (Fsp3) is 0.286. The van der Waals surface area contributed by atoms with Gasteiger partial charge in [-0.2, -0.15) is 0 Å². The van der Waals surface area contributed by atoms with Gasteiger partial charge in [-0.05, 0) is 36.8 Å². The monoisotopic (exact) mass is 228 g/mol. The average molecular weight is 228 g/mol. The fourth-order valence-electron chi connectivity index (χ4n) is 1.52. The number of ether oxygens (including phenoxy) is 1. The Morgan fingerprint density at radius 2 is 1.94 bits per heavy atom. The van der Waals surface area contributed by atoms with Gasteiger partial charge in [-0.1, -0.05) is 13.3 Å². The molecule has 0 aliphatic heterocycles. The topological polar surface area (TPSA) is 35.0 Å². The smallest absolute Gasteiger partial charge is 0.119 e. The Hall–Kier alpha value is -1.90. The van der Waals surface area contributed by atoms with Crippen molar-refractivity contribution in [2.45, 2.75) is 19.8 Å². The van der Waals surface area contributed by atoms with Crippen molar-refractivity contribution in [2.75, 3.05) is 6.61 Å². The van der Waals surface area contributed by atoms with Crippen LogP contribution in [0.1, 0.15) is 19.8 Å². The highest BCUT2D eigenvalue weighted by Gasteiger charge is 1.99. The number of nitrogens with zero attached hydrogens (tertiary/aromatic N) is 2. The minimum absolute atomic E-state index is 0.781. The SMILES string of the molecule is CCCCOc1ccc(-c2ccncn2)cc1. The van der Waals surface area contributed by atoms with Gasteiger partial charge in [0.25, 0.3) is 0 Å². The lowest BCUT2D eigenvalue weighted by Crippen LogP contribution is -1.96. The molecule has 17 heavy (non-hydrogen) atoms. The van der Waals surface area contributed by atoms with E-state index in [0.29, 0.717) is 0 Å². The summed E-state index contributed by atoms with van der Waals surface area (Å²) in [5.41, 5.74) is 2.01. The molecular formula is C14H16N2O. The summed E-state index contributed by atoms with van der Waals surface area (Å²) in [5.74, 6) is 0.913. The van der Waals surface area contributed by atoms with Crippen molar-refractivity contribution in [3.63, 3.8) is 0 Å². The molecule has 1 heterocycles. The lowest BCUT2D eigenvalue weighted by atomic mass is 10.1. The maximum atomic E-state index is 5.60. The first kappa shape index (κ1) is 11.6. The molecule has 0 bridgehead atoms. The zero-order valence-corrected chi connectivity index (χ0v) is 9.97. The summed E-state index contributed by atoms with van der Waals surface area (Å²) < 4.78 is 5.60. The molecule has 0 radical (unpaired) electrons. The maximum Gasteiger partial charge on any atom is 0.119 e. The normalized spacial score (nSPS) is 10.2. The average Bonchev–Trinajstić information content (AvgIpc) is 2.41. The standard InChI is InChI=1S/C14H16N2O/c1-2-3-10-17-13-6-4-12(5-7-13)14-8-9-15-11-16-14/h4-9,11H,2-3,10H2,1H3. The van der Waals surface area contributed by atoms with Crippen LogP contribution in [0.5, 0.6) is 5.75 Å². The van der Waals surface area contributed by atoms with E-state index in [4.69, 9.17) is 4.74 Å². The maximum absolute atomic E-state index is 5.60. The van der Waals surface area contributed by atoms with Crippen LogP contribution in [0.4, 0.5) is 0 Å². The predicted molar refractivity (Wildman–Crippen MR) is 67.9 cm³/mol.